The highest BCUT2D eigenvalue weighted by Gasteiger charge is 2.38. The number of amides is 3. The molecule has 2 atom stereocenters. The second-order valence-electron chi connectivity index (χ2n) is 9.24. The van der Waals surface area contributed by atoms with Gasteiger partial charge in [-0.15, -0.1) is 0 Å². The first-order chi connectivity index (χ1) is 19.2. The SMILES string of the molecule is CCC(F)(F)F.NC(=O)CC(CCC(F)(F)F)C(=O)NC1N=C(c2ccccc2)c2cccc3c2N(CCO3)C1=O. The average molecular weight is 587 g/mol. The van der Waals surface area contributed by atoms with Crippen molar-refractivity contribution in [2.75, 3.05) is 18.1 Å². The van der Waals surface area contributed by atoms with Gasteiger partial charge in [0, 0.05) is 36.3 Å². The van der Waals surface area contributed by atoms with Crippen molar-refractivity contribution < 1.29 is 45.5 Å². The second kappa shape index (κ2) is 13.0. The summed E-state index contributed by atoms with van der Waals surface area (Å²) in [5, 5.41) is 2.46. The first-order valence-electron chi connectivity index (χ1n) is 12.6. The van der Waals surface area contributed by atoms with Crippen molar-refractivity contribution >= 4 is 29.1 Å². The molecule has 0 aromatic heterocycles. The summed E-state index contributed by atoms with van der Waals surface area (Å²) in [4.78, 5) is 43.9. The Morgan fingerprint density at radius 2 is 1.73 bits per heavy atom. The lowest BCUT2D eigenvalue weighted by Gasteiger charge is -2.31. The molecule has 2 aromatic carbocycles. The molecule has 0 spiro atoms. The van der Waals surface area contributed by atoms with Gasteiger partial charge >= 0.3 is 12.4 Å². The van der Waals surface area contributed by atoms with E-state index in [4.69, 9.17) is 10.5 Å². The number of carbonyl (C=O) groups is 3. The number of aliphatic imine (C=N–C) groups is 1. The van der Waals surface area contributed by atoms with Crippen LogP contribution >= 0.6 is 0 Å². The second-order valence-corrected chi connectivity index (χ2v) is 9.24. The monoisotopic (exact) mass is 586 g/mol. The number of hydrogen-bond donors (Lipinski definition) is 2. The molecule has 2 aromatic rings. The molecule has 8 nitrogen and oxygen atoms in total. The van der Waals surface area contributed by atoms with Gasteiger partial charge in [-0.25, -0.2) is 4.99 Å². The highest BCUT2D eigenvalue weighted by molar-refractivity contribution is 6.21. The standard InChI is InChI=1S/C24H23F3N4O4.C3H5F3/c25-24(26,27)10-9-15(13-18(28)32)22(33)30-21-23(34)31-11-12-35-17-8-4-7-16(20(17)31)19(29-21)14-5-2-1-3-6-14;1-2-3(4,5)6/h1-8,15,21H,9-13H2,(H2,28,32)(H,30,33);2H2,1H3. The molecule has 222 valence electrons. The Morgan fingerprint density at radius 3 is 2.32 bits per heavy atom. The van der Waals surface area contributed by atoms with Crippen LogP contribution < -0.4 is 20.7 Å². The van der Waals surface area contributed by atoms with E-state index in [2.05, 4.69) is 10.3 Å². The normalized spacial score (nSPS) is 17.1. The van der Waals surface area contributed by atoms with Crippen LogP contribution in [0.5, 0.6) is 5.75 Å². The predicted molar refractivity (Wildman–Crippen MR) is 137 cm³/mol. The van der Waals surface area contributed by atoms with Crippen LogP contribution in [0.4, 0.5) is 32.0 Å². The first-order valence-corrected chi connectivity index (χ1v) is 12.6. The Hall–Kier alpha value is -4.10. The maximum atomic E-state index is 13.5. The summed E-state index contributed by atoms with van der Waals surface area (Å²) in [5.41, 5.74) is 7.37. The number of nitrogens with two attached hydrogens (primary N) is 1. The van der Waals surface area contributed by atoms with Crippen molar-refractivity contribution in [1.29, 1.82) is 0 Å². The molecule has 14 heteroatoms. The third-order valence-corrected chi connectivity index (χ3v) is 6.18. The van der Waals surface area contributed by atoms with Gasteiger partial charge in [-0.05, 0) is 12.5 Å². The van der Waals surface area contributed by atoms with Gasteiger partial charge in [-0.1, -0.05) is 49.4 Å². The van der Waals surface area contributed by atoms with Crippen LogP contribution in [-0.2, 0) is 14.4 Å². The van der Waals surface area contributed by atoms with E-state index in [1.54, 1.807) is 42.5 Å². The highest BCUT2D eigenvalue weighted by atomic mass is 19.4. The lowest BCUT2D eigenvalue weighted by atomic mass is 9.97. The molecule has 2 aliphatic rings. The summed E-state index contributed by atoms with van der Waals surface area (Å²) in [5.74, 6) is -3.26. The summed E-state index contributed by atoms with van der Waals surface area (Å²) in [7, 11) is 0. The Labute approximate surface area is 231 Å². The average Bonchev–Trinajstić information content (AvgIpc) is 3.03. The molecule has 0 aliphatic carbocycles. The van der Waals surface area contributed by atoms with Crippen LogP contribution in [0, 0.1) is 5.92 Å². The van der Waals surface area contributed by atoms with E-state index in [0.29, 0.717) is 28.3 Å². The molecule has 0 saturated carbocycles. The topological polar surface area (TPSA) is 114 Å². The summed E-state index contributed by atoms with van der Waals surface area (Å²) in [6.45, 7) is 1.50. The molecule has 4 rings (SSSR count). The van der Waals surface area contributed by atoms with Gasteiger partial charge in [-0.2, -0.15) is 26.3 Å². The van der Waals surface area contributed by atoms with E-state index >= 15 is 0 Å². The van der Waals surface area contributed by atoms with Crippen molar-refractivity contribution in [2.45, 2.75) is 51.1 Å². The molecular weight excluding hydrogens is 558 g/mol. The summed E-state index contributed by atoms with van der Waals surface area (Å²) >= 11 is 0. The van der Waals surface area contributed by atoms with E-state index in [-0.39, 0.29) is 13.2 Å². The van der Waals surface area contributed by atoms with E-state index in [1.165, 1.54) is 4.90 Å². The molecule has 0 bridgehead atoms. The number of hydrogen-bond acceptors (Lipinski definition) is 5. The van der Waals surface area contributed by atoms with Crippen molar-refractivity contribution in [3.05, 3.63) is 59.7 Å². The van der Waals surface area contributed by atoms with Gasteiger partial charge in [0.1, 0.15) is 12.4 Å². The van der Waals surface area contributed by atoms with Gasteiger partial charge in [0.2, 0.25) is 18.0 Å². The number of nitrogens with zero attached hydrogens (tertiary/aromatic N) is 2. The Bertz CT molecular complexity index is 1280. The largest absolute Gasteiger partial charge is 0.490 e. The zero-order valence-corrected chi connectivity index (χ0v) is 21.9. The molecule has 0 fully saturated rings. The van der Waals surface area contributed by atoms with Gasteiger partial charge in [0.25, 0.3) is 5.91 Å². The third-order valence-electron chi connectivity index (χ3n) is 6.18. The predicted octanol–water partition coefficient (Wildman–Crippen LogP) is 4.50. The van der Waals surface area contributed by atoms with Crippen molar-refractivity contribution in [2.24, 2.45) is 16.6 Å². The van der Waals surface area contributed by atoms with Crippen molar-refractivity contribution in [1.82, 2.24) is 5.32 Å². The molecule has 3 N–H and O–H groups in total. The molecular formula is C27H28F6N4O4. The van der Waals surface area contributed by atoms with Crippen LogP contribution in [-0.4, -0.2) is 55.1 Å². The van der Waals surface area contributed by atoms with E-state index in [0.717, 1.165) is 6.92 Å². The van der Waals surface area contributed by atoms with Crippen molar-refractivity contribution in [3.63, 3.8) is 0 Å². The summed E-state index contributed by atoms with van der Waals surface area (Å²) in [6.07, 6.45) is -13.1. The Balaban J connectivity index is 0.000000696. The minimum atomic E-state index is -4.52. The quantitative estimate of drug-likeness (QED) is 0.465. The molecule has 2 heterocycles. The van der Waals surface area contributed by atoms with E-state index in [1.807, 2.05) is 6.07 Å². The number of alkyl halides is 6. The lowest BCUT2D eigenvalue weighted by Crippen LogP contribution is -2.51. The maximum absolute atomic E-state index is 13.5. The number of carbonyl (C=O) groups excluding carboxylic acids is 3. The number of halogens is 6. The van der Waals surface area contributed by atoms with Crippen LogP contribution in [0.2, 0.25) is 0 Å². The number of para-hydroxylation sites is 1. The Morgan fingerprint density at radius 1 is 1.07 bits per heavy atom. The fourth-order valence-electron chi connectivity index (χ4n) is 4.17. The minimum absolute atomic E-state index is 0.200. The Kier molecular flexibility index (Phi) is 10.00. The summed E-state index contributed by atoms with van der Waals surface area (Å²) < 4.78 is 76.4. The lowest BCUT2D eigenvalue weighted by molar-refractivity contribution is -0.143. The molecule has 2 unspecified atom stereocenters. The molecule has 41 heavy (non-hydrogen) atoms. The smallest absolute Gasteiger partial charge is 0.389 e. The van der Waals surface area contributed by atoms with Crippen LogP contribution in [0.25, 0.3) is 0 Å². The highest BCUT2D eigenvalue weighted by Crippen LogP contribution is 2.38. The molecule has 3 amide bonds. The molecule has 0 saturated heterocycles. The number of ether oxygens (including phenoxy) is 1. The number of benzene rings is 2. The van der Waals surface area contributed by atoms with E-state index < -0.39 is 67.8 Å². The van der Waals surface area contributed by atoms with Gasteiger partial charge < -0.3 is 20.7 Å². The fourth-order valence-corrected chi connectivity index (χ4v) is 4.17. The summed E-state index contributed by atoms with van der Waals surface area (Å²) in [6, 6.07) is 14.3. The van der Waals surface area contributed by atoms with Gasteiger partial charge in [0.15, 0.2) is 0 Å². The number of rotatable bonds is 7. The van der Waals surface area contributed by atoms with Crippen LogP contribution in [0.15, 0.2) is 53.5 Å². The number of nitrogens with one attached hydrogen (secondary N) is 1. The maximum Gasteiger partial charge on any atom is 0.389 e. The van der Waals surface area contributed by atoms with Crippen LogP contribution in [0.3, 0.4) is 0 Å². The molecule has 2 aliphatic heterocycles. The number of anilines is 1. The zero-order valence-electron chi connectivity index (χ0n) is 21.9. The van der Waals surface area contributed by atoms with E-state index in [9.17, 15) is 40.7 Å². The third kappa shape index (κ3) is 8.69. The number of primary amides is 1. The first kappa shape index (κ1) is 31.4. The van der Waals surface area contributed by atoms with Gasteiger partial charge in [0.05, 0.1) is 17.9 Å². The van der Waals surface area contributed by atoms with Crippen molar-refractivity contribution in [3.8, 4) is 5.75 Å². The van der Waals surface area contributed by atoms with Crippen LogP contribution in [0.1, 0.15) is 43.7 Å². The van der Waals surface area contributed by atoms with Gasteiger partial charge in [-0.3, -0.25) is 14.4 Å². The zero-order chi connectivity index (χ0) is 30.4. The fraction of sp³-hybridized carbons (Fsp3) is 0.407. The minimum Gasteiger partial charge on any atom is -0.490 e. The molecule has 0 radical (unpaired) electrons.